The maximum absolute atomic E-state index is 11.9. The van der Waals surface area contributed by atoms with E-state index in [9.17, 15) is 4.79 Å². The van der Waals surface area contributed by atoms with E-state index in [1.165, 1.54) is 7.11 Å². The number of pyridine rings is 1. The summed E-state index contributed by atoms with van der Waals surface area (Å²) in [6.45, 7) is 4.18. The van der Waals surface area contributed by atoms with Crippen LogP contribution in [0.15, 0.2) is 79.0 Å². The van der Waals surface area contributed by atoms with Gasteiger partial charge in [0.2, 0.25) is 0 Å². The topological polar surface area (TPSA) is 59.4 Å². The molecule has 0 radical (unpaired) electrons. The van der Waals surface area contributed by atoms with Crippen molar-refractivity contribution in [3.8, 4) is 5.69 Å². The number of esters is 1. The first-order chi connectivity index (χ1) is 17.4. The van der Waals surface area contributed by atoms with Crippen LogP contribution in [0.25, 0.3) is 5.69 Å². The Morgan fingerprint density at radius 2 is 1.72 bits per heavy atom. The highest BCUT2D eigenvalue weighted by atomic mass is 35.5. The quantitative estimate of drug-likeness (QED) is 0.255. The molecule has 0 aliphatic carbocycles. The number of aryl methyl sites for hydroxylation is 1. The van der Waals surface area contributed by atoms with E-state index in [1.807, 2.05) is 54.6 Å². The first-order valence-corrected chi connectivity index (χ1v) is 12.3. The molecule has 0 saturated carbocycles. The van der Waals surface area contributed by atoms with Crippen LogP contribution in [0.2, 0.25) is 5.02 Å². The van der Waals surface area contributed by atoms with Gasteiger partial charge in [0, 0.05) is 34.0 Å². The van der Waals surface area contributed by atoms with E-state index in [4.69, 9.17) is 28.6 Å². The number of carbonyl (C=O) groups excluding carboxylic acids is 1. The van der Waals surface area contributed by atoms with Gasteiger partial charge in [0.1, 0.15) is 0 Å². The van der Waals surface area contributed by atoms with Gasteiger partial charge in [-0.2, -0.15) is 0 Å². The molecule has 0 spiro atoms. The molecule has 1 aliphatic heterocycles. The summed E-state index contributed by atoms with van der Waals surface area (Å²) in [5.74, 6) is -0.356. The number of aromatic nitrogens is 2. The zero-order valence-corrected chi connectivity index (χ0v) is 21.7. The Hall–Kier alpha value is -3.68. The molecule has 5 rings (SSSR count). The summed E-state index contributed by atoms with van der Waals surface area (Å²) in [5.41, 5.74) is 6.61. The molecule has 0 bridgehead atoms. The zero-order chi connectivity index (χ0) is 25.4. The van der Waals surface area contributed by atoms with Gasteiger partial charge in [0.05, 0.1) is 30.5 Å². The largest absolute Gasteiger partial charge is 0.465 e. The summed E-state index contributed by atoms with van der Waals surface area (Å²) in [6, 6.07) is 23.0. The van der Waals surface area contributed by atoms with Crippen LogP contribution < -0.4 is 10.2 Å². The van der Waals surface area contributed by atoms with Crippen molar-refractivity contribution >= 4 is 40.6 Å². The van der Waals surface area contributed by atoms with Crippen molar-refractivity contribution in [3.63, 3.8) is 0 Å². The highest BCUT2D eigenvalue weighted by Crippen LogP contribution is 2.43. The lowest BCUT2D eigenvalue weighted by molar-refractivity contribution is 0.0600. The Morgan fingerprint density at radius 1 is 1.03 bits per heavy atom. The van der Waals surface area contributed by atoms with E-state index in [-0.39, 0.29) is 18.1 Å². The average Bonchev–Trinajstić information content (AvgIpc) is 3.39. The molecule has 0 unspecified atom stereocenters. The number of carbonyl (C=O) groups is 1. The van der Waals surface area contributed by atoms with E-state index in [2.05, 4.69) is 39.7 Å². The summed E-state index contributed by atoms with van der Waals surface area (Å²) < 4.78 is 7.03. The second kappa shape index (κ2) is 9.76. The van der Waals surface area contributed by atoms with E-state index >= 15 is 0 Å². The summed E-state index contributed by atoms with van der Waals surface area (Å²) in [5, 5.41) is 4.80. The zero-order valence-electron chi connectivity index (χ0n) is 20.1. The molecular formula is C28H25ClN4O2S. The highest BCUT2D eigenvalue weighted by Gasteiger charge is 2.42. The summed E-state index contributed by atoms with van der Waals surface area (Å²) in [4.78, 5) is 18.7. The van der Waals surface area contributed by atoms with Crippen molar-refractivity contribution in [1.82, 2.24) is 14.9 Å². The van der Waals surface area contributed by atoms with Gasteiger partial charge in [-0.1, -0.05) is 17.7 Å². The van der Waals surface area contributed by atoms with E-state index < -0.39 is 0 Å². The Morgan fingerprint density at radius 3 is 2.36 bits per heavy atom. The van der Waals surface area contributed by atoms with Crippen molar-refractivity contribution in [2.24, 2.45) is 0 Å². The molecule has 2 aromatic heterocycles. The number of hydrogen-bond donors (Lipinski definition) is 1. The Bertz CT molecular complexity index is 1420. The van der Waals surface area contributed by atoms with Gasteiger partial charge >= 0.3 is 5.97 Å². The number of nitrogens with zero attached hydrogens (tertiary/aromatic N) is 3. The molecule has 4 aromatic rings. The second-order valence-corrected chi connectivity index (χ2v) is 9.50. The SMILES string of the molecule is COC(=O)c1ccc(-n2c(C)cc([C@@H]3[C@H](c4ccccn4)NC(=S)N3c3ccc(Cl)cc3)c2C)cc1. The number of thiocarbonyl (C=S) groups is 1. The van der Waals surface area contributed by atoms with Crippen LogP contribution in [0.1, 0.15) is 45.1 Å². The van der Waals surface area contributed by atoms with Crippen molar-refractivity contribution in [3.05, 3.63) is 112 Å². The minimum absolute atomic E-state index is 0.136. The van der Waals surface area contributed by atoms with Crippen molar-refractivity contribution < 1.29 is 9.53 Å². The van der Waals surface area contributed by atoms with Gasteiger partial charge in [0.25, 0.3) is 0 Å². The molecule has 2 atom stereocenters. The van der Waals surface area contributed by atoms with Gasteiger partial charge in [0.15, 0.2) is 5.11 Å². The van der Waals surface area contributed by atoms with Crippen LogP contribution in [0.5, 0.6) is 0 Å². The van der Waals surface area contributed by atoms with Crippen LogP contribution in [0.4, 0.5) is 5.69 Å². The predicted octanol–water partition coefficient (Wildman–Crippen LogP) is 6.11. The van der Waals surface area contributed by atoms with Crippen molar-refractivity contribution in [2.45, 2.75) is 25.9 Å². The molecule has 36 heavy (non-hydrogen) atoms. The lowest BCUT2D eigenvalue weighted by atomic mass is 9.96. The Labute approximate surface area is 220 Å². The molecular weight excluding hydrogens is 492 g/mol. The Balaban J connectivity index is 1.63. The standard InChI is InChI=1S/C28H25ClN4O2S/c1-17-16-23(18(2)32(17)21-11-7-19(8-12-21)27(34)35-3)26-25(24-6-4-5-15-30-24)31-28(36)33(26)22-13-9-20(29)10-14-22/h4-16,25-26H,1-3H3,(H,31,36)/t25-,26+/m0/s1. The number of nitrogens with one attached hydrogen (secondary N) is 1. The fourth-order valence-corrected chi connectivity index (χ4v) is 5.37. The normalized spacial score (nSPS) is 17.2. The van der Waals surface area contributed by atoms with Crippen molar-refractivity contribution in [2.75, 3.05) is 12.0 Å². The highest BCUT2D eigenvalue weighted by molar-refractivity contribution is 7.80. The first-order valence-electron chi connectivity index (χ1n) is 11.5. The third-order valence-electron chi connectivity index (χ3n) is 6.54. The lowest BCUT2D eigenvalue weighted by Gasteiger charge is -2.28. The number of hydrogen-bond acceptors (Lipinski definition) is 4. The van der Waals surface area contributed by atoms with E-state index in [1.54, 1.807) is 18.3 Å². The maximum Gasteiger partial charge on any atom is 0.337 e. The molecule has 8 heteroatoms. The molecule has 0 amide bonds. The summed E-state index contributed by atoms with van der Waals surface area (Å²) in [7, 11) is 1.38. The third kappa shape index (κ3) is 4.25. The van der Waals surface area contributed by atoms with Gasteiger partial charge in [-0.3, -0.25) is 4.98 Å². The fraction of sp³-hybridized carbons (Fsp3) is 0.179. The van der Waals surface area contributed by atoms with Gasteiger partial charge in [-0.25, -0.2) is 4.79 Å². The number of benzene rings is 2. The summed E-state index contributed by atoms with van der Waals surface area (Å²) >= 11 is 12.0. The summed E-state index contributed by atoms with van der Waals surface area (Å²) in [6.07, 6.45) is 1.80. The molecule has 6 nitrogen and oxygen atoms in total. The smallest absolute Gasteiger partial charge is 0.337 e. The maximum atomic E-state index is 11.9. The molecule has 2 aromatic carbocycles. The minimum Gasteiger partial charge on any atom is -0.465 e. The minimum atomic E-state index is -0.356. The van der Waals surface area contributed by atoms with E-state index in [0.29, 0.717) is 15.7 Å². The number of methoxy groups -OCH3 is 1. The molecule has 182 valence electrons. The van der Waals surface area contributed by atoms with Crippen LogP contribution in [-0.2, 0) is 4.74 Å². The van der Waals surface area contributed by atoms with Crippen LogP contribution in [-0.4, -0.2) is 27.7 Å². The van der Waals surface area contributed by atoms with Gasteiger partial charge in [-0.15, -0.1) is 0 Å². The fourth-order valence-electron chi connectivity index (χ4n) is 4.90. The number of halogens is 1. The molecule has 1 aliphatic rings. The third-order valence-corrected chi connectivity index (χ3v) is 7.10. The predicted molar refractivity (Wildman–Crippen MR) is 146 cm³/mol. The van der Waals surface area contributed by atoms with Gasteiger partial charge in [-0.05, 0) is 98.4 Å². The lowest BCUT2D eigenvalue weighted by Crippen LogP contribution is -2.29. The van der Waals surface area contributed by atoms with Crippen LogP contribution in [0.3, 0.4) is 0 Å². The van der Waals surface area contributed by atoms with Gasteiger partial charge < -0.3 is 19.5 Å². The Kier molecular flexibility index (Phi) is 6.51. The first kappa shape index (κ1) is 24.0. The number of ether oxygens (including phenoxy) is 1. The molecule has 1 saturated heterocycles. The number of anilines is 1. The second-order valence-electron chi connectivity index (χ2n) is 8.67. The molecule has 1 fully saturated rings. The van der Waals surface area contributed by atoms with E-state index in [0.717, 1.165) is 34.0 Å². The van der Waals surface area contributed by atoms with Crippen LogP contribution >= 0.6 is 23.8 Å². The number of rotatable bonds is 5. The molecule has 3 heterocycles. The van der Waals surface area contributed by atoms with Crippen molar-refractivity contribution in [1.29, 1.82) is 0 Å². The molecule has 1 N–H and O–H groups in total. The monoisotopic (exact) mass is 516 g/mol. The van der Waals surface area contributed by atoms with Crippen LogP contribution in [0, 0.1) is 13.8 Å². The average molecular weight is 517 g/mol.